The van der Waals surface area contributed by atoms with Crippen LogP contribution in [-0.4, -0.2) is 48.1 Å². The lowest BCUT2D eigenvalue weighted by Crippen LogP contribution is -2.52. The van der Waals surface area contributed by atoms with Crippen LogP contribution in [-0.2, 0) is 15.0 Å². The summed E-state index contributed by atoms with van der Waals surface area (Å²) in [6.45, 7) is 9.28. The topological polar surface area (TPSA) is 60.9 Å². The number of carboxylic acid groups (broad SMARTS) is 1. The number of benzene rings is 1. The van der Waals surface area contributed by atoms with Crippen LogP contribution in [0.3, 0.4) is 0 Å². The Morgan fingerprint density at radius 3 is 2.12 bits per heavy atom. The first-order valence-electron chi connectivity index (χ1n) is 8.63. The van der Waals surface area contributed by atoms with Gasteiger partial charge in [0.1, 0.15) is 5.41 Å². The first kappa shape index (κ1) is 16.8. The molecule has 1 aromatic carbocycles. The monoisotopic (exact) mass is 330 g/mol. The highest BCUT2D eigenvalue weighted by molar-refractivity contribution is 6.04. The average molecular weight is 330 g/mol. The Labute approximate surface area is 143 Å². The maximum Gasteiger partial charge on any atom is 0.319 e. The van der Waals surface area contributed by atoms with E-state index in [9.17, 15) is 14.7 Å². The molecule has 2 fully saturated rings. The molecular formula is C19H26N2O3. The second-order valence-electron chi connectivity index (χ2n) is 7.93. The number of nitrogens with zero attached hydrogens (tertiary/aromatic N) is 2. The van der Waals surface area contributed by atoms with Gasteiger partial charge in [-0.15, -0.1) is 0 Å². The van der Waals surface area contributed by atoms with E-state index >= 15 is 0 Å². The van der Waals surface area contributed by atoms with Crippen molar-refractivity contribution in [1.82, 2.24) is 4.90 Å². The Morgan fingerprint density at radius 2 is 1.62 bits per heavy atom. The van der Waals surface area contributed by atoms with Crippen molar-refractivity contribution in [2.24, 2.45) is 5.41 Å². The van der Waals surface area contributed by atoms with Crippen molar-refractivity contribution >= 4 is 17.6 Å². The molecule has 0 spiro atoms. The maximum absolute atomic E-state index is 12.5. The number of carbonyl (C=O) groups excluding carboxylic acids is 1. The molecule has 0 atom stereocenters. The van der Waals surface area contributed by atoms with Gasteiger partial charge in [0.15, 0.2) is 0 Å². The number of amides is 1. The van der Waals surface area contributed by atoms with Gasteiger partial charge in [0.25, 0.3) is 0 Å². The summed E-state index contributed by atoms with van der Waals surface area (Å²) in [5.74, 6) is -1.16. The molecule has 0 unspecified atom stereocenters. The molecule has 0 radical (unpaired) electrons. The molecule has 130 valence electrons. The number of aliphatic carboxylic acids is 1. The maximum atomic E-state index is 12.5. The SMILES string of the molecule is CC(C)(C)c1ccccc1N1CCN(C(=O)C2(C(=O)O)CC2)CC1. The minimum atomic E-state index is -1.12. The van der Waals surface area contributed by atoms with E-state index in [1.165, 1.54) is 11.3 Å². The number of rotatable bonds is 3. The smallest absolute Gasteiger partial charge is 0.319 e. The van der Waals surface area contributed by atoms with Crippen LogP contribution in [0.1, 0.15) is 39.2 Å². The molecule has 1 aliphatic carbocycles. The summed E-state index contributed by atoms with van der Waals surface area (Å²) in [5, 5.41) is 9.30. The molecule has 2 aliphatic rings. The van der Waals surface area contributed by atoms with Crippen molar-refractivity contribution in [2.45, 2.75) is 39.0 Å². The van der Waals surface area contributed by atoms with E-state index < -0.39 is 11.4 Å². The number of carboxylic acids is 1. The summed E-state index contributed by atoms with van der Waals surface area (Å²) >= 11 is 0. The van der Waals surface area contributed by atoms with E-state index in [4.69, 9.17) is 0 Å². The van der Waals surface area contributed by atoms with Gasteiger partial charge in [-0.05, 0) is 29.9 Å². The quantitative estimate of drug-likeness (QED) is 0.865. The van der Waals surface area contributed by atoms with Gasteiger partial charge in [0, 0.05) is 31.9 Å². The van der Waals surface area contributed by atoms with E-state index in [1.54, 1.807) is 4.90 Å². The molecular weight excluding hydrogens is 304 g/mol. The van der Waals surface area contributed by atoms with Crippen molar-refractivity contribution in [1.29, 1.82) is 0 Å². The first-order chi connectivity index (χ1) is 11.3. The highest BCUT2D eigenvalue weighted by atomic mass is 16.4. The van der Waals surface area contributed by atoms with Crippen molar-refractivity contribution < 1.29 is 14.7 Å². The Bertz CT molecular complexity index is 651. The molecule has 1 heterocycles. The number of piperazine rings is 1. The molecule has 5 heteroatoms. The van der Waals surface area contributed by atoms with E-state index in [0.717, 1.165) is 13.1 Å². The molecule has 1 saturated carbocycles. The van der Waals surface area contributed by atoms with Gasteiger partial charge < -0.3 is 14.9 Å². The molecule has 1 saturated heterocycles. The fourth-order valence-electron chi connectivity index (χ4n) is 3.48. The van der Waals surface area contributed by atoms with Gasteiger partial charge >= 0.3 is 5.97 Å². The lowest BCUT2D eigenvalue weighted by atomic mass is 9.85. The Morgan fingerprint density at radius 1 is 1.04 bits per heavy atom. The van der Waals surface area contributed by atoms with Gasteiger partial charge in [-0.3, -0.25) is 9.59 Å². The van der Waals surface area contributed by atoms with E-state index in [-0.39, 0.29) is 11.3 Å². The summed E-state index contributed by atoms with van der Waals surface area (Å²) in [4.78, 5) is 27.9. The fourth-order valence-corrected chi connectivity index (χ4v) is 3.48. The van der Waals surface area contributed by atoms with Crippen molar-refractivity contribution in [2.75, 3.05) is 31.1 Å². The van der Waals surface area contributed by atoms with Gasteiger partial charge in [-0.2, -0.15) is 0 Å². The van der Waals surface area contributed by atoms with Crippen LogP contribution in [0.5, 0.6) is 0 Å². The molecule has 1 aliphatic heterocycles. The van der Waals surface area contributed by atoms with Crippen LogP contribution < -0.4 is 4.90 Å². The second kappa shape index (κ2) is 5.80. The minimum absolute atomic E-state index is 0.0604. The molecule has 24 heavy (non-hydrogen) atoms. The van der Waals surface area contributed by atoms with Gasteiger partial charge in [-0.1, -0.05) is 39.0 Å². The van der Waals surface area contributed by atoms with Crippen LogP contribution in [0.25, 0.3) is 0 Å². The van der Waals surface area contributed by atoms with Crippen LogP contribution in [0, 0.1) is 5.41 Å². The lowest BCUT2D eigenvalue weighted by molar-refractivity contribution is -0.153. The number of hydrogen-bond donors (Lipinski definition) is 1. The molecule has 1 aromatic rings. The predicted molar refractivity (Wildman–Crippen MR) is 93.2 cm³/mol. The summed E-state index contributed by atoms with van der Waals surface area (Å²) < 4.78 is 0. The van der Waals surface area contributed by atoms with Gasteiger partial charge in [-0.25, -0.2) is 0 Å². The number of carbonyl (C=O) groups is 2. The molecule has 3 rings (SSSR count). The van der Waals surface area contributed by atoms with Crippen LogP contribution in [0.15, 0.2) is 24.3 Å². The molecule has 1 N–H and O–H groups in total. The Hall–Kier alpha value is -2.04. The first-order valence-corrected chi connectivity index (χ1v) is 8.63. The normalized spacial score (nSPS) is 20.0. The van der Waals surface area contributed by atoms with E-state index in [0.29, 0.717) is 25.9 Å². The zero-order valence-electron chi connectivity index (χ0n) is 14.7. The van der Waals surface area contributed by atoms with Crippen LogP contribution >= 0.6 is 0 Å². The highest BCUT2D eigenvalue weighted by Gasteiger charge is 2.58. The largest absolute Gasteiger partial charge is 0.480 e. The lowest BCUT2D eigenvalue weighted by Gasteiger charge is -2.39. The zero-order chi connectivity index (χ0) is 17.5. The third-order valence-electron chi connectivity index (χ3n) is 5.19. The molecule has 5 nitrogen and oxygen atoms in total. The predicted octanol–water partition coefficient (Wildman–Crippen LogP) is 2.50. The van der Waals surface area contributed by atoms with Gasteiger partial charge in [0.05, 0.1) is 0 Å². The van der Waals surface area contributed by atoms with Crippen LogP contribution in [0.4, 0.5) is 5.69 Å². The molecule has 1 amide bonds. The van der Waals surface area contributed by atoms with Gasteiger partial charge in [0.2, 0.25) is 5.91 Å². The number of anilines is 1. The average Bonchev–Trinajstić information content (AvgIpc) is 3.35. The van der Waals surface area contributed by atoms with E-state index in [2.05, 4.69) is 43.9 Å². The van der Waals surface area contributed by atoms with Crippen molar-refractivity contribution in [3.05, 3.63) is 29.8 Å². The zero-order valence-corrected chi connectivity index (χ0v) is 14.7. The number of para-hydroxylation sites is 1. The standard InChI is InChI=1S/C19H26N2O3/c1-18(2,3)14-6-4-5-7-15(14)20-10-12-21(13-11-20)16(22)19(8-9-19)17(23)24/h4-7H,8-13H2,1-3H3,(H,23,24). The number of hydrogen-bond acceptors (Lipinski definition) is 3. The fraction of sp³-hybridized carbons (Fsp3) is 0.579. The minimum Gasteiger partial charge on any atom is -0.480 e. The molecule has 0 bridgehead atoms. The van der Waals surface area contributed by atoms with Crippen LogP contribution in [0.2, 0.25) is 0 Å². The summed E-state index contributed by atoms with van der Waals surface area (Å²) in [5.41, 5.74) is 1.46. The molecule has 0 aromatic heterocycles. The summed E-state index contributed by atoms with van der Waals surface area (Å²) in [6.07, 6.45) is 0.961. The highest BCUT2D eigenvalue weighted by Crippen LogP contribution is 2.47. The summed E-state index contributed by atoms with van der Waals surface area (Å²) in [7, 11) is 0. The van der Waals surface area contributed by atoms with E-state index in [1.807, 2.05) is 6.07 Å². The Balaban J connectivity index is 1.71. The second-order valence-corrected chi connectivity index (χ2v) is 7.93. The third kappa shape index (κ3) is 2.87. The van der Waals surface area contributed by atoms with Crippen molar-refractivity contribution in [3.63, 3.8) is 0 Å². The van der Waals surface area contributed by atoms with Crippen molar-refractivity contribution in [3.8, 4) is 0 Å². The Kier molecular flexibility index (Phi) is 4.06. The summed E-state index contributed by atoms with van der Waals surface area (Å²) in [6, 6.07) is 8.41. The third-order valence-corrected chi connectivity index (χ3v) is 5.19.